The molecule has 1 aromatic carbocycles. The van der Waals surface area contributed by atoms with E-state index in [1.165, 1.54) is 12.7 Å². The van der Waals surface area contributed by atoms with Gasteiger partial charge in [-0.05, 0) is 30.7 Å². The molecule has 2 heterocycles. The summed E-state index contributed by atoms with van der Waals surface area (Å²) < 4.78 is 9.07. The Morgan fingerprint density at radius 2 is 1.56 bits per heavy atom. The van der Waals surface area contributed by atoms with E-state index in [-0.39, 0.29) is 13.1 Å². The molecule has 3 rings (SSSR count). The number of hydrogen-bond donors (Lipinski definition) is 1. The van der Waals surface area contributed by atoms with Crippen molar-refractivity contribution in [2.75, 3.05) is 6.61 Å². The predicted molar refractivity (Wildman–Crippen MR) is 100 cm³/mol. The Bertz CT molecular complexity index is 782. The van der Waals surface area contributed by atoms with E-state index in [2.05, 4.69) is 20.2 Å². The van der Waals surface area contributed by atoms with E-state index < -0.39 is 11.0 Å². The number of ether oxygens (including phenoxy) is 1. The van der Waals surface area contributed by atoms with Crippen molar-refractivity contribution in [3.8, 4) is 5.75 Å². The lowest BCUT2D eigenvalue weighted by atomic mass is 9.72. The lowest BCUT2D eigenvalue weighted by Crippen LogP contribution is -2.52. The first-order valence-corrected chi connectivity index (χ1v) is 9.01. The summed E-state index contributed by atoms with van der Waals surface area (Å²) in [6.07, 6.45) is 6.70. The number of halogens is 1. The second kappa shape index (κ2) is 8.06. The minimum Gasteiger partial charge on any atom is -0.494 e. The van der Waals surface area contributed by atoms with Gasteiger partial charge in [0, 0.05) is 10.4 Å². The number of aliphatic hydroxyl groups is 1. The van der Waals surface area contributed by atoms with E-state index in [0.29, 0.717) is 18.1 Å². The quantitative estimate of drug-likeness (QED) is 0.603. The van der Waals surface area contributed by atoms with Crippen molar-refractivity contribution >= 4 is 11.6 Å². The van der Waals surface area contributed by atoms with Crippen LogP contribution in [0, 0.1) is 5.41 Å². The van der Waals surface area contributed by atoms with Gasteiger partial charge in [0.15, 0.2) is 0 Å². The Balaban J connectivity index is 1.71. The Labute approximate surface area is 162 Å². The fourth-order valence-corrected chi connectivity index (χ4v) is 2.96. The van der Waals surface area contributed by atoms with Crippen LogP contribution in [0.4, 0.5) is 0 Å². The summed E-state index contributed by atoms with van der Waals surface area (Å²) in [7, 11) is 0. The van der Waals surface area contributed by atoms with Crippen molar-refractivity contribution in [1.82, 2.24) is 29.5 Å². The molecule has 144 valence electrons. The van der Waals surface area contributed by atoms with Crippen LogP contribution in [0.15, 0.2) is 49.6 Å². The third kappa shape index (κ3) is 4.84. The number of rotatable bonds is 9. The summed E-state index contributed by atoms with van der Waals surface area (Å²) >= 11 is 5.90. The van der Waals surface area contributed by atoms with Gasteiger partial charge in [0.1, 0.15) is 36.7 Å². The maximum Gasteiger partial charge on any atom is 0.137 e. The standard InChI is InChI=1S/C18H23ClN6O2/c1-17(2,7-8-27-16-5-3-15(19)4-6-16)18(26,9-24-13-20-11-22-24)10-25-14-21-12-23-25/h3-6,11-14,26H,7-10H2,1-2H3. The van der Waals surface area contributed by atoms with E-state index in [4.69, 9.17) is 16.3 Å². The molecule has 0 bridgehead atoms. The highest BCUT2D eigenvalue weighted by molar-refractivity contribution is 6.30. The van der Waals surface area contributed by atoms with E-state index in [1.807, 2.05) is 26.0 Å². The Morgan fingerprint density at radius 1 is 1.00 bits per heavy atom. The molecule has 0 unspecified atom stereocenters. The molecule has 0 saturated carbocycles. The van der Waals surface area contributed by atoms with Gasteiger partial charge in [-0.2, -0.15) is 10.2 Å². The fraction of sp³-hybridized carbons (Fsp3) is 0.444. The summed E-state index contributed by atoms with van der Waals surface area (Å²) in [6, 6.07) is 7.22. The van der Waals surface area contributed by atoms with E-state index in [1.54, 1.807) is 34.2 Å². The van der Waals surface area contributed by atoms with Gasteiger partial charge < -0.3 is 9.84 Å². The van der Waals surface area contributed by atoms with Crippen molar-refractivity contribution in [1.29, 1.82) is 0 Å². The second-order valence-electron chi connectivity index (χ2n) is 7.15. The maximum atomic E-state index is 11.6. The molecule has 0 aliphatic carbocycles. The SMILES string of the molecule is CC(C)(CCOc1ccc(Cl)cc1)C(O)(Cn1cncn1)Cn1cncn1. The lowest BCUT2D eigenvalue weighted by Gasteiger charge is -2.42. The number of hydrogen-bond acceptors (Lipinski definition) is 6. The van der Waals surface area contributed by atoms with Gasteiger partial charge in [-0.3, -0.25) is 0 Å². The van der Waals surface area contributed by atoms with Crippen LogP contribution in [0.2, 0.25) is 5.02 Å². The topological polar surface area (TPSA) is 90.9 Å². The molecule has 0 fully saturated rings. The molecule has 0 spiro atoms. The normalized spacial score (nSPS) is 12.3. The zero-order chi connectivity index (χ0) is 19.3. The van der Waals surface area contributed by atoms with Crippen LogP contribution >= 0.6 is 11.6 Å². The molecular weight excluding hydrogens is 368 g/mol. The lowest BCUT2D eigenvalue weighted by molar-refractivity contribution is -0.104. The van der Waals surface area contributed by atoms with Crippen LogP contribution in [-0.2, 0) is 13.1 Å². The molecule has 9 heteroatoms. The molecule has 0 saturated heterocycles. The number of benzene rings is 1. The molecule has 0 aliphatic heterocycles. The Morgan fingerprint density at radius 3 is 2.04 bits per heavy atom. The van der Waals surface area contributed by atoms with Gasteiger partial charge in [-0.1, -0.05) is 25.4 Å². The highest BCUT2D eigenvalue weighted by Crippen LogP contribution is 2.37. The molecule has 0 amide bonds. The van der Waals surface area contributed by atoms with Gasteiger partial charge >= 0.3 is 0 Å². The third-order valence-corrected chi connectivity index (χ3v) is 5.10. The minimum atomic E-state index is -1.14. The van der Waals surface area contributed by atoms with Gasteiger partial charge in [-0.25, -0.2) is 19.3 Å². The van der Waals surface area contributed by atoms with Crippen molar-refractivity contribution in [3.63, 3.8) is 0 Å². The van der Waals surface area contributed by atoms with Crippen molar-refractivity contribution in [2.24, 2.45) is 5.41 Å². The highest BCUT2D eigenvalue weighted by Gasteiger charge is 2.44. The smallest absolute Gasteiger partial charge is 0.137 e. The summed E-state index contributed by atoms with van der Waals surface area (Å²) in [6.45, 7) is 5.02. The summed E-state index contributed by atoms with van der Waals surface area (Å²) in [4.78, 5) is 7.93. The molecule has 0 aliphatic rings. The molecule has 0 atom stereocenters. The Hall–Kier alpha value is -2.45. The van der Waals surface area contributed by atoms with Crippen molar-refractivity contribution < 1.29 is 9.84 Å². The van der Waals surface area contributed by atoms with Crippen LogP contribution < -0.4 is 4.74 Å². The zero-order valence-electron chi connectivity index (χ0n) is 15.4. The highest BCUT2D eigenvalue weighted by atomic mass is 35.5. The number of aromatic nitrogens is 6. The first-order chi connectivity index (χ1) is 12.9. The molecule has 2 aromatic heterocycles. The van der Waals surface area contributed by atoms with Crippen molar-refractivity contribution in [3.05, 3.63) is 54.6 Å². The minimum absolute atomic E-state index is 0.279. The van der Waals surface area contributed by atoms with Crippen LogP contribution in [0.25, 0.3) is 0 Å². The summed E-state index contributed by atoms with van der Waals surface area (Å²) in [5.41, 5.74) is -1.64. The largest absolute Gasteiger partial charge is 0.494 e. The van der Waals surface area contributed by atoms with Crippen LogP contribution in [-0.4, -0.2) is 46.8 Å². The van der Waals surface area contributed by atoms with E-state index >= 15 is 0 Å². The molecule has 0 radical (unpaired) electrons. The average Bonchev–Trinajstić information content (AvgIpc) is 3.30. The monoisotopic (exact) mass is 390 g/mol. The second-order valence-corrected chi connectivity index (χ2v) is 7.59. The summed E-state index contributed by atoms with van der Waals surface area (Å²) in [5, 5.41) is 20.5. The van der Waals surface area contributed by atoms with Crippen molar-refractivity contribution in [2.45, 2.75) is 39.0 Å². The maximum absolute atomic E-state index is 11.6. The first-order valence-electron chi connectivity index (χ1n) is 8.64. The van der Waals surface area contributed by atoms with Gasteiger partial charge in [0.25, 0.3) is 0 Å². The molecule has 8 nitrogen and oxygen atoms in total. The van der Waals surface area contributed by atoms with Crippen LogP contribution in [0.5, 0.6) is 5.75 Å². The van der Waals surface area contributed by atoms with Gasteiger partial charge in [0.05, 0.1) is 19.7 Å². The molecule has 27 heavy (non-hydrogen) atoms. The first kappa shape index (κ1) is 19.3. The van der Waals surface area contributed by atoms with Gasteiger partial charge in [-0.15, -0.1) is 0 Å². The molecule has 3 aromatic rings. The van der Waals surface area contributed by atoms with Crippen LogP contribution in [0.3, 0.4) is 0 Å². The van der Waals surface area contributed by atoms with Crippen LogP contribution in [0.1, 0.15) is 20.3 Å². The predicted octanol–water partition coefficient (Wildman–Crippen LogP) is 2.45. The summed E-state index contributed by atoms with van der Waals surface area (Å²) in [5.74, 6) is 0.742. The average molecular weight is 391 g/mol. The zero-order valence-corrected chi connectivity index (χ0v) is 16.1. The molecular formula is C18H23ClN6O2. The third-order valence-electron chi connectivity index (χ3n) is 4.85. The Kier molecular flexibility index (Phi) is 5.76. The fourth-order valence-electron chi connectivity index (χ4n) is 2.83. The van der Waals surface area contributed by atoms with E-state index in [9.17, 15) is 5.11 Å². The van der Waals surface area contributed by atoms with Gasteiger partial charge in [0.2, 0.25) is 0 Å². The van der Waals surface area contributed by atoms with E-state index in [0.717, 1.165) is 5.75 Å². The molecule has 1 N–H and O–H groups in total. The number of nitrogens with zero attached hydrogens (tertiary/aromatic N) is 6.